The van der Waals surface area contributed by atoms with Crippen molar-refractivity contribution in [2.45, 2.75) is 19.9 Å². The van der Waals surface area contributed by atoms with Gasteiger partial charge in [0.15, 0.2) is 4.96 Å². The van der Waals surface area contributed by atoms with E-state index in [1.165, 1.54) is 17.4 Å². The Kier molecular flexibility index (Phi) is 2.13. The second kappa shape index (κ2) is 3.18. The van der Waals surface area contributed by atoms with Gasteiger partial charge in [0.05, 0.1) is 5.69 Å². The SMILES string of the molecule is Cc1csc2nc(C(C)N)cc(=O)n12. The van der Waals surface area contributed by atoms with E-state index in [9.17, 15) is 4.79 Å². The Labute approximate surface area is 85.0 Å². The zero-order valence-electron chi connectivity index (χ0n) is 8.02. The Bertz CT molecular complexity index is 526. The van der Waals surface area contributed by atoms with Gasteiger partial charge in [-0.25, -0.2) is 4.98 Å². The normalized spacial score (nSPS) is 13.4. The molecule has 2 rings (SSSR count). The summed E-state index contributed by atoms with van der Waals surface area (Å²) in [5, 5.41) is 1.91. The second-order valence-corrected chi connectivity index (χ2v) is 4.14. The molecule has 0 fully saturated rings. The molecular formula is C9H11N3OS. The third kappa shape index (κ3) is 1.34. The molecule has 2 aromatic heterocycles. The lowest BCUT2D eigenvalue weighted by molar-refractivity contribution is 0.775. The van der Waals surface area contributed by atoms with Crippen molar-refractivity contribution in [1.82, 2.24) is 9.38 Å². The highest BCUT2D eigenvalue weighted by molar-refractivity contribution is 7.15. The number of rotatable bonds is 1. The zero-order valence-corrected chi connectivity index (χ0v) is 8.84. The van der Waals surface area contributed by atoms with Gasteiger partial charge in [-0.05, 0) is 13.8 Å². The van der Waals surface area contributed by atoms with Crippen molar-refractivity contribution in [2.75, 3.05) is 0 Å². The van der Waals surface area contributed by atoms with Crippen LogP contribution in [-0.2, 0) is 0 Å². The summed E-state index contributed by atoms with van der Waals surface area (Å²) >= 11 is 1.46. The van der Waals surface area contributed by atoms with Crippen LogP contribution in [0.15, 0.2) is 16.2 Å². The minimum Gasteiger partial charge on any atom is -0.323 e. The van der Waals surface area contributed by atoms with Gasteiger partial charge in [-0.2, -0.15) is 0 Å². The highest BCUT2D eigenvalue weighted by Gasteiger charge is 2.08. The predicted octanol–water partition coefficient (Wildman–Crippen LogP) is 1.08. The van der Waals surface area contributed by atoms with Crippen molar-refractivity contribution in [3.8, 4) is 0 Å². The van der Waals surface area contributed by atoms with Crippen molar-refractivity contribution in [1.29, 1.82) is 0 Å². The molecule has 0 aliphatic heterocycles. The van der Waals surface area contributed by atoms with Gasteiger partial charge in [0.25, 0.3) is 5.56 Å². The van der Waals surface area contributed by atoms with Crippen LogP contribution in [0.5, 0.6) is 0 Å². The van der Waals surface area contributed by atoms with Crippen LogP contribution in [0, 0.1) is 6.92 Å². The van der Waals surface area contributed by atoms with Gasteiger partial charge >= 0.3 is 0 Å². The number of hydrogen-bond donors (Lipinski definition) is 1. The fourth-order valence-corrected chi connectivity index (χ4v) is 2.18. The minimum atomic E-state index is -0.199. The number of aromatic nitrogens is 2. The summed E-state index contributed by atoms with van der Waals surface area (Å²) in [5.41, 5.74) is 7.19. The van der Waals surface area contributed by atoms with E-state index in [1.807, 2.05) is 19.2 Å². The van der Waals surface area contributed by atoms with Crippen molar-refractivity contribution >= 4 is 16.3 Å². The quantitative estimate of drug-likeness (QED) is 0.764. The topological polar surface area (TPSA) is 60.4 Å². The second-order valence-electron chi connectivity index (χ2n) is 3.30. The minimum absolute atomic E-state index is 0.0546. The molecule has 5 heteroatoms. The van der Waals surface area contributed by atoms with Gasteiger partial charge in [-0.15, -0.1) is 11.3 Å². The number of fused-ring (bicyclic) bond motifs is 1. The molecule has 0 saturated carbocycles. The van der Waals surface area contributed by atoms with Crippen molar-refractivity contribution in [3.05, 3.63) is 33.2 Å². The van der Waals surface area contributed by atoms with Crippen LogP contribution in [0.25, 0.3) is 4.96 Å². The Balaban J connectivity index is 2.81. The molecule has 2 aromatic rings. The van der Waals surface area contributed by atoms with Crippen LogP contribution in [0.2, 0.25) is 0 Å². The summed E-state index contributed by atoms with van der Waals surface area (Å²) in [5.74, 6) is 0. The molecule has 0 amide bonds. The number of nitrogens with zero attached hydrogens (tertiary/aromatic N) is 2. The van der Waals surface area contributed by atoms with E-state index in [4.69, 9.17) is 5.73 Å². The molecule has 4 nitrogen and oxygen atoms in total. The molecule has 0 aliphatic rings. The molecule has 14 heavy (non-hydrogen) atoms. The molecular weight excluding hydrogens is 198 g/mol. The molecule has 0 spiro atoms. The number of aryl methyl sites for hydroxylation is 1. The van der Waals surface area contributed by atoms with E-state index in [-0.39, 0.29) is 11.6 Å². The van der Waals surface area contributed by atoms with E-state index in [1.54, 1.807) is 4.40 Å². The Hall–Kier alpha value is -1.20. The Morgan fingerprint density at radius 1 is 1.64 bits per heavy atom. The maximum atomic E-state index is 11.7. The fourth-order valence-electron chi connectivity index (χ4n) is 1.31. The molecule has 2 heterocycles. The molecule has 0 radical (unpaired) electrons. The van der Waals surface area contributed by atoms with Gasteiger partial charge in [-0.3, -0.25) is 9.20 Å². The number of nitrogens with two attached hydrogens (primary N) is 1. The van der Waals surface area contributed by atoms with Gasteiger partial charge < -0.3 is 5.73 Å². The van der Waals surface area contributed by atoms with Crippen molar-refractivity contribution in [3.63, 3.8) is 0 Å². The van der Waals surface area contributed by atoms with E-state index in [0.29, 0.717) is 10.7 Å². The van der Waals surface area contributed by atoms with Crippen molar-refractivity contribution in [2.24, 2.45) is 5.73 Å². The van der Waals surface area contributed by atoms with Gasteiger partial charge in [-0.1, -0.05) is 0 Å². The summed E-state index contributed by atoms with van der Waals surface area (Å²) in [6.07, 6.45) is 0. The third-order valence-corrected chi connectivity index (χ3v) is 3.01. The molecule has 74 valence electrons. The summed E-state index contributed by atoms with van der Waals surface area (Å²) in [6, 6.07) is 1.30. The Morgan fingerprint density at radius 2 is 2.36 bits per heavy atom. The summed E-state index contributed by atoms with van der Waals surface area (Å²) in [6.45, 7) is 3.71. The molecule has 0 aromatic carbocycles. The maximum absolute atomic E-state index is 11.7. The van der Waals surface area contributed by atoms with Crippen LogP contribution in [0.1, 0.15) is 24.4 Å². The van der Waals surface area contributed by atoms with Crippen molar-refractivity contribution < 1.29 is 0 Å². The maximum Gasteiger partial charge on any atom is 0.259 e. The van der Waals surface area contributed by atoms with Gasteiger partial charge in [0.2, 0.25) is 0 Å². The smallest absolute Gasteiger partial charge is 0.259 e. The van der Waals surface area contributed by atoms with E-state index in [2.05, 4.69) is 4.98 Å². The largest absolute Gasteiger partial charge is 0.323 e. The Morgan fingerprint density at radius 3 is 3.00 bits per heavy atom. The van der Waals surface area contributed by atoms with Crippen LogP contribution < -0.4 is 11.3 Å². The molecule has 1 atom stereocenters. The summed E-state index contributed by atoms with van der Waals surface area (Å²) in [4.78, 5) is 16.7. The monoisotopic (exact) mass is 209 g/mol. The van der Waals surface area contributed by atoms with Crippen LogP contribution >= 0.6 is 11.3 Å². The lowest BCUT2D eigenvalue weighted by Crippen LogP contribution is -2.18. The highest BCUT2D eigenvalue weighted by atomic mass is 32.1. The van der Waals surface area contributed by atoms with E-state index < -0.39 is 0 Å². The molecule has 2 N–H and O–H groups in total. The van der Waals surface area contributed by atoms with E-state index >= 15 is 0 Å². The van der Waals surface area contributed by atoms with Gasteiger partial charge in [0.1, 0.15) is 0 Å². The predicted molar refractivity (Wildman–Crippen MR) is 56.7 cm³/mol. The zero-order chi connectivity index (χ0) is 10.3. The first-order valence-electron chi connectivity index (χ1n) is 4.33. The number of hydrogen-bond acceptors (Lipinski definition) is 4. The first kappa shape index (κ1) is 9.36. The third-order valence-electron chi connectivity index (χ3n) is 2.06. The average molecular weight is 209 g/mol. The van der Waals surface area contributed by atoms with Crippen LogP contribution in [0.4, 0.5) is 0 Å². The molecule has 0 saturated heterocycles. The van der Waals surface area contributed by atoms with Crippen LogP contribution in [0.3, 0.4) is 0 Å². The lowest BCUT2D eigenvalue weighted by atomic mass is 10.2. The lowest BCUT2D eigenvalue weighted by Gasteiger charge is -2.03. The van der Waals surface area contributed by atoms with Crippen LogP contribution in [-0.4, -0.2) is 9.38 Å². The number of thiazole rings is 1. The van der Waals surface area contributed by atoms with Gasteiger partial charge in [0, 0.05) is 23.2 Å². The fraction of sp³-hybridized carbons (Fsp3) is 0.333. The highest BCUT2D eigenvalue weighted by Crippen LogP contribution is 2.13. The summed E-state index contributed by atoms with van der Waals surface area (Å²) in [7, 11) is 0. The standard InChI is InChI=1S/C9H11N3OS/c1-5-4-14-9-11-7(6(2)10)3-8(13)12(5)9/h3-4,6H,10H2,1-2H3. The first-order chi connectivity index (χ1) is 6.59. The first-order valence-corrected chi connectivity index (χ1v) is 5.21. The summed E-state index contributed by atoms with van der Waals surface area (Å²) < 4.78 is 1.59. The molecule has 0 aliphatic carbocycles. The van der Waals surface area contributed by atoms with E-state index in [0.717, 1.165) is 5.69 Å². The average Bonchev–Trinajstić information content (AvgIpc) is 2.48. The molecule has 1 unspecified atom stereocenters. The molecule has 0 bridgehead atoms.